The molecule has 1 rings (SSSR count). The van der Waals surface area contributed by atoms with Gasteiger partial charge in [0, 0.05) is 8.58 Å². The molecule has 0 unspecified atom stereocenters. The molecule has 4 heteroatoms. The van der Waals surface area contributed by atoms with Crippen LogP contribution in [0.15, 0.2) is 22.6 Å². The Morgan fingerprint density at radius 2 is 2.17 bits per heavy atom. The molecular weight excluding hydrogens is 233 g/mol. The monoisotopic (exact) mass is 244 g/mol. The van der Waals surface area contributed by atoms with E-state index in [1.165, 1.54) is 0 Å². The van der Waals surface area contributed by atoms with Gasteiger partial charge < -0.3 is 0 Å². The molecule has 0 atom stereocenters. The molecule has 0 spiro atoms. The molecule has 0 aliphatic heterocycles. The molecule has 12 heavy (non-hydrogen) atoms. The van der Waals surface area contributed by atoms with E-state index >= 15 is 0 Å². The van der Waals surface area contributed by atoms with Crippen LogP contribution in [0.2, 0.25) is 0 Å². The van der Waals surface area contributed by atoms with Crippen molar-refractivity contribution in [2.45, 2.75) is 13.0 Å². The van der Waals surface area contributed by atoms with Gasteiger partial charge in [0.05, 0.1) is 9.68 Å². The third-order valence-corrected chi connectivity index (χ3v) is 1.64. The molecule has 1 aromatic carbocycles. The fraction of sp³-hybridized carbons (Fsp3) is 0.250. The SMILES string of the molecule is [2H]c1c([2H])c(C(F)(F)F)c(Br)c([2H])c1C([2H])([2H])[2H]. The largest absolute Gasteiger partial charge is 0.417 e. The number of rotatable bonds is 0. The third-order valence-electron chi connectivity index (χ3n) is 1.05. The van der Waals surface area contributed by atoms with Crippen LogP contribution in [0, 0.1) is 6.85 Å². The molecule has 0 amide bonds. The Bertz CT molecular complexity index is 419. The van der Waals surface area contributed by atoms with Crippen LogP contribution in [-0.2, 0) is 6.18 Å². The Hall–Kier alpha value is -0.510. The molecule has 0 aromatic heterocycles. The average molecular weight is 245 g/mol. The van der Waals surface area contributed by atoms with Crippen LogP contribution in [0.1, 0.15) is 19.4 Å². The lowest BCUT2D eigenvalue weighted by molar-refractivity contribution is -0.138. The molecule has 0 bridgehead atoms. The van der Waals surface area contributed by atoms with Crippen LogP contribution in [0.3, 0.4) is 0 Å². The van der Waals surface area contributed by atoms with Crippen molar-refractivity contribution in [2.24, 2.45) is 0 Å². The first-order valence-electron chi connectivity index (χ1n) is 5.76. The molecule has 0 saturated carbocycles. The Balaban J connectivity index is 3.79. The fourth-order valence-electron chi connectivity index (χ4n) is 0.579. The zero-order valence-electron chi connectivity index (χ0n) is 11.5. The van der Waals surface area contributed by atoms with Gasteiger partial charge in [-0.15, -0.1) is 0 Å². The summed E-state index contributed by atoms with van der Waals surface area (Å²) >= 11 is 2.48. The van der Waals surface area contributed by atoms with Crippen molar-refractivity contribution in [2.75, 3.05) is 0 Å². The van der Waals surface area contributed by atoms with Crippen molar-refractivity contribution in [1.29, 1.82) is 0 Å². The summed E-state index contributed by atoms with van der Waals surface area (Å²) in [4.78, 5) is 0. The van der Waals surface area contributed by atoms with E-state index in [2.05, 4.69) is 15.9 Å². The summed E-state index contributed by atoms with van der Waals surface area (Å²) in [6.07, 6.45) is -4.94. The predicted octanol–water partition coefficient (Wildman–Crippen LogP) is 3.78. The Morgan fingerprint density at radius 3 is 2.67 bits per heavy atom. The molecular formula is C8H6BrF3. The average Bonchev–Trinajstić information content (AvgIpc) is 2.10. The molecule has 0 aliphatic rings. The summed E-state index contributed by atoms with van der Waals surface area (Å²) < 4.78 is 80.3. The number of halogens is 4. The van der Waals surface area contributed by atoms with Gasteiger partial charge in [-0.05, 0) is 24.5 Å². The quantitative estimate of drug-likeness (QED) is 0.652. The van der Waals surface area contributed by atoms with Crippen LogP contribution in [0.5, 0.6) is 0 Å². The predicted molar refractivity (Wildman–Crippen MR) is 43.9 cm³/mol. The highest BCUT2D eigenvalue weighted by Gasteiger charge is 2.32. The first-order chi connectivity index (χ1) is 7.89. The van der Waals surface area contributed by atoms with E-state index in [0.717, 1.165) is 0 Å². The van der Waals surface area contributed by atoms with Crippen LogP contribution in [-0.4, -0.2) is 0 Å². The number of benzene rings is 1. The fourth-order valence-corrected chi connectivity index (χ4v) is 1.10. The van der Waals surface area contributed by atoms with Crippen molar-refractivity contribution in [3.05, 3.63) is 33.7 Å². The molecule has 66 valence electrons. The Kier molecular flexibility index (Phi) is 1.06. The van der Waals surface area contributed by atoms with E-state index in [9.17, 15) is 13.2 Å². The first kappa shape index (κ1) is 4.13. The molecule has 0 nitrogen and oxygen atoms in total. The molecule has 0 fully saturated rings. The van der Waals surface area contributed by atoms with Gasteiger partial charge in [-0.3, -0.25) is 0 Å². The second-order valence-corrected chi connectivity index (χ2v) is 2.73. The Labute approximate surface area is 85.0 Å². The molecule has 1 aromatic rings. The van der Waals surface area contributed by atoms with Crippen molar-refractivity contribution in [1.82, 2.24) is 0 Å². The lowest BCUT2D eigenvalue weighted by Gasteiger charge is -2.08. The van der Waals surface area contributed by atoms with Gasteiger partial charge in [0.25, 0.3) is 0 Å². The standard InChI is InChI=1S/C8H6BrF3/c1-5-2-3-6(7(9)4-5)8(10,11)12/h2-4H,1H3/i1D3,2D,3D,4D. The zero-order valence-corrected chi connectivity index (χ0v) is 7.10. The van der Waals surface area contributed by atoms with Crippen LogP contribution in [0.25, 0.3) is 0 Å². The van der Waals surface area contributed by atoms with Crippen molar-refractivity contribution < 1.29 is 21.4 Å². The molecule has 0 radical (unpaired) electrons. The van der Waals surface area contributed by atoms with Gasteiger partial charge >= 0.3 is 6.18 Å². The van der Waals surface area contributed by atoms with Gasteiger partial charge in [0.15, 0.2) is 0 Å². The third kappa shape index (κ3) is 2.00. The van der Waals surface area contributed by atoms with Gasteiger partial charge in [-0.1, -0.05) is 22.0 Å². The second kappa shape index (κ2) is 3.09. The highest BCUT2D eigenvalue weighted by molar-refractivity contribution is 9.10. The summed E-state index contributed by atoms with van der Waals surface area (Å²) in [7, 11) is 0. The lowest BCUT2D eigenvalue weighted by Crippen LogP contribution is -2.05. The maximum absolute atomic E-state index is 12.6. The summed E-state index contributed by atoms with van der Waals surface area (Å²) in [5.74, 6) is 0. The first-order valence-corrected chi connectivity index (χ1v) is 3.55. The molecule has 0 heterocycles. The van der Waals surface area contributed by atoms with Crippen molar-refractivity contribution in [3.63, 3.8) is 0 Å². The normalized spacial score (nSPS) is 20.0. The highest BCUT2D eigenvalue weighted by Crippen LogP contribution is 2.34. The number of hydrogen-bond acceptors (Lipinski definition) is 0. The smallest absolute Gasteiger partial charge is 0.166 e. The summed E-state index contributed by atoms with van der Waals surface area (Å²) in [6, 6.07) is -3.30. The van der Waals surface area contributed by atoms with Crippen LogP contribution < -0.4 is 0 Å². The van der Waals surface area contributed by atoms with Crippen LogP contribution >= 0.6 is 15.9 Å². The van der Waals surface area contributed by atoms with Crippen LogP contribution in [0.4, 0.5) is 13.2 Å². The number of hydrogen-bond donors (Lipinski definition) is 0. The van der Waals surface area contributed by atoms with E-state index in [1.54, 1.807) is 0 Å². The van der Waals surface area contributed by atoms with Crippen molar-refractivity contribution >= 4 is 15.9 Å². The summed E-state index contributed by atoms with van der Waals surface area (Å²) in [5, 5.41) is 0. The molecule has 0 N–H and O–H groups in total. The van der Waals surface area contributed by atoms with E-state index < -0.39 is 46.8 Å². The van der Waals surface area contributed by atoms with E-state index in [0.29, 0.717) is 0 Å². The lowest BCUT2D eigenvalue weighted by atomic mass is 10.1. The van der Waals surface area contributed by atoms with E-state index in [4.69, 9.17) is 8.22 Å². The van der Waals surface area contributed by atoms with Gasteiger partial charge in [0.2, 0.25) is 0 Å². The minimum Gasteiger partial charge on any atom is -0.166 e. The van der Waals surface area contributed by atoms with E-state index in [-0.39, 0.29) is 0 Å². The topological polar surface area (TPSA) is 0 Å². The van der Waals surface area contributed by atoms with Gasteiger partial charge in [-0.25, -0.2) is 0 Å². The molecule has 0 aliphatic carbocycles. The summed E-state index contributed by atoms with van der Waals surface area (Å²) in [6.45, 7) is -2.92. The van der Waals surface area contributed by atoms with Crippen molar-refractivity contribution in [3.8, 4) is 0 Å². The number of alkyl halides is 3. The highest BCUT2D eigenvalue weighted by atomic mass is 79.9. The molecule has 0 saturated heterocycles. The Morgan fingerprint density at radius 1 is 1.50 bits per heavy atom. The summed E-state index contributed by atoms with van der Waals surface area (Å²) in [5.41, 5.74) is -2.38. The van der Waals surface area contributed by atoms with Gasteiger partial charge in [-0.2, -0.15) is 13.2 Å². The maximum Gasteiger partial charge on any atom is 0.417 e. The van der Waals surface area contributed by atoms with Gasteiger partial charge in [0.1, 0.15) is 0 Å². The second-order valence-electron chi connectivity index (χ2n) is 1.94. The van der Waals surface area contributed by atoms with E-state index in [1.807, 2.05) is 0 Å². The minimum absolute atomic E-state index is 0.831. The maximum atomic E-state index is 12.6. The zero-order chi connectivity index (χ0) is 14.5. The minimum atomic E-state index is -4.94.